The highest BCUT2D eigenvalue weighted by Gasteiger charge is 2.06. The first-order chi connectivity index (χ1) is 8.63. The molecule has 1 heterocycles. The smallest absolute Gasteiger partial charge is 0.0897 e. The molecule has 0 aliphatic heterocycles. The van der Waals surface area contributed by atoms with Gasteiger partial charge in [0.05, 0.1) is 12.7 Å². The van der Waals surface area contributed by atoms with Crippen LogP contribution in [0.1, 0.15) is 31.2 Å². The van der Waals surface area contributed by atoms with Crippen molar-refractivity contribution in [2.24, 2.45) is 5.92 Å². The lowest BCUT2D eigenvalue weighted by molar-refractivity contribution is 0.0260. The normalized spacial score (nSPS) is 13.2. The molecular weight excluding hydrogens is 246 g/mol. The summed E-state index contributed by atoms with van der Waals surface area (Å²) in [6, 6.07) is 2.17. The maximum atomic E-state index is 9.73. The summed E-state index contributed by atoms with van der Waals surface area (Å²) >= 11 is 1.77. The lowest BCUT2D eigenvalue weighted by atomic mass is 10.2. The van der Waals surface area contributed by atoms with E-state index in [9.17, 15) is 5.11 Å². The molecule has 0 radical (unpaired) electrons. The van der Waals surface area contributed by atoms with E-state index < -0.39 is 6.10 Å². The molecule has 0 bridgehead atoms. The molecule has 1 aromatic rings. The lowest BCUT2D eigenvalue weighted by Crippen LogP contribution is -2.30. The fraction of sp³-hybridized carbons (Fsp3) is 0.714. The average Bonchev–Trinajstić information content (AvgIpc) is 2.76. The van der Waals surface area contributed by atoms with Crippen LogP contribution in [0.25, 0.3) is 0 Å². The van der Waals surface area contributed by atoms with Crippen LogP contribution in [0.2, 0.25) is 0 Å². The molecule has 1 unspecified atom stereocenters. The molecule has 0 saturated carbocycles. The van der Waals surface area contributed by atoms with Gasteiger partial charge >= 0.3 is 0 Å². The predicted octanol–water partition coefficient (Wildman–Crippen LogP) is 2.43. The number of aryl methyl sites for hydroxylation is 1. The first-order valence-electron chi connectivity index (χ1n) is 6.65. The van der Waals surface area contributed by atoms with E-state index >= 15 is 0 Å². The summed E-state index contributed by atoms with van der Waals surface area (Å²) in [5.74, 6) is 0.517. The van der Waals surface area contributed by atoms with Crippen LogP contribution in [0, 0.1) is 5.92 Å². The van der Waals surface area contributed by atoms with Crippen molar-refractivity contribution in [2.75, 3.05) is 19.8 Å². The van der Waals surface area contributed by atoms with Gasteiger partial charge in [0.15, 0.2) is 0 Å². The Morgan fingerprint density at radius 1 is 1.39 bits per heavy atom. The molecule has 104 valence electrons. The average molecular weight is 271 g/mol. The van der Waals surface area contributed by atoms with E-state index in [1.165, 1.54) is 10.4 Å². The Kier molecular flexibility index (Phi) is 7.51. The van der Waals surface area contributed by atoms with Gasteiger partial charge in [-0.1, -0.05) is 20.8 Å². The number of hydrogen-bond donors (Lipinski definition) is 2. The molecule has 3 nitrogen and oxygen atoms in total. The predicted molar refractivity (Wildman–Crippen MR) is 77.1 cm³/mol. The van der Waals surface area contributed by atoms with Gasteiger partial charge in [0.1, 0.15) is 0 Å². The van der Waals surface area contributed by atoms with Crippen LogP contribution in [-0.2, 0) is 17.7 Å². The fourth-order valence-corrected chi connectivity index (χ4v) is 2.63. The Labute approximate surface area is 114 Å². The number of nitrogens with one attached hydrogen (secondary N) is 1. The summed E-state index contributed by atoms with van der Waals surface area (Å²) in [5, 5.41) is 15.1. The van der Waals surface area contributed by atoms with Gasteiger partial charge in [0.2, 0.25) is 0 Å². The summed E-state index contributed by atoms with van der Waals surface area (Å²) in [7, 11) is 0. The molecule has 1 aromatic heterocycles. The minimum Gasteiger partial charge on any atom is -0.389 e. The standard InChI is InChI=1S/C14H25NO2S/c1-4-12-5-6-18-14(12)8-15-7-13(16)10-17-9-11(2)3/h5-6,11,13,15-16H,4,7-10H2,1-3H3. The van der Waals surface area contributed by atoms with Crippen LogP contribution in [0.15, 0.2) is 11.4 Å². The molecule has 18 heavy (non-hydrogen) atoms. The van der Waals surface area contributed by atoms with Gasteiger partial charge < -0.3 is 15.2 Å². The van der Waals surface area contributed by atoms with E-state index in [2.05, 4.69) is 37.5 Å². The van der Waals surface area contributed by atoms with E-state index in [0.717, 1.165) is 13.0 Å². The molecule has 1 atom stereocenters. The van der Waals surface area contributed by atoms with Crippen molar-refractivity contribution in [1.29, 1.82) is 0 Å². The van der Waals surface area contributed by atoms with Gasteiger partial charge in [-0.05, 0) is 29.3 Å². The van der Waals surface area contributed by atoms with Crippen molar-refractivity contribution in [1.82, 2.24) is 5.32 Å². The van der Waals surface area contributed by atoms with Crippen molar-refractivity contribution in [3.05, 3.63) is 21.9 Å². The third kappa shape index (κ3) is 5.96. The molecule has 0 fully saturated rings. The van der Waals surface area contributed by atoms with Gasteiger partial charge in [0.25, 0.3) is 0 Å². The first-order valence-corrected chi connectivity index (χ1v) is 7.53. The molecule has 0 saturated heterocycles. The van der Waals surface area contributed by atoms with E-state index in [1.54, 1.807) is 11.3 Å². The van der Waals surface area contributed by atoms with Crippen LogP contribution >= 0.6 is 11.3 Å². The zero-order chi connectivity index (χ0) is 13.4. The Morgan fingerprint density at radius 2 is 2.17 bits per heavy atom. The number of ether oxygens (including phenoxy) is 1. The largest absolute Gasteiger partial charge is 0.389 e. The highest BCUT2D eigenvalue weighted by Crippen LogP contribution is 2.16. The van der Waals surface area contributed by atoms with Gasteiger partial charge in [0, 0.05) is 24.6 Å². The highest BCUT2D eigenvalue weighted by atomic mass is 32.1. The summed E-state index contributed by atoms with van der Waals surface area (Å²) in [4.78, 5) is 1.37. The minimum absolute atomic E-state index is 0.413. The number of aliphatic hydroxyl groups excluding tert-OH is 1. The van der Waals surface area contributed by atoms with Gasteiger partial charge in [-0.25, -0.2) is 0 Å². The molecule has 0 aromatic carbocycles. The van der Waals surface area contributed by atoms with E-state index in [1.807, 2.05) is 0 Å². The topological polar surface area (TPSA) is 41.5 Å². The number of hydrogen-bond acceptors (Lipinski definition) is 4. The third-order valence-corrected chi connectivity index (χ3v) is 3.61. The lowest BCUT2D eigenvalue weighted by Gasteiger charge is -2.13. The number of thiophene rings is 1. The summed E-state index contributed by atoms with van der Waals surface area (Å²) in [5.41, 5.74) is 1.40. The van der Waals surface area contributed by atoms with Gasteiger partial charge in [-0.3, -0.25) is 0 Å². The highest BCUT2D eigenvalue weighted by molar-refractivity contribution is 7.10. The Balaban J connectivity index is 2.13. The zero-order valence-corrected chi connectivity index (χ0v) is 12.4. The van der Waals surface area contributed by atoms with Crippen molar-refractivity contribution >= 4 is 11.3 Å². The Bertz CT molecular complexity index is 325. The van der Waals surface area contributed by atoms with E-state index in [-0.39, 0.29) is 0 Å². The molecule has 0 aliphatic rings. The minimum atomic E-state index is -0.422. The first kappa shape index (κ1) is 15.6. The molecule has 0 aliphatic carbocycles. The quantitative estimate of drug-likeness (QED) is 0.725. The summed E-state index contributed by atoms with van der Waals surface area (Å²) in [6.45, 7) is 8.92. The number of aliphatic hydroxyl groups is 1. The second-order valence-corrected chi connectivity index (χ2v) is 5.94. The van der Waals surface area contributed by atoms with Crippen molar-refractivity contribution in [2.45, 2.75) is 39.8 Å². The van der Waals surface area contributed by atoms with Crippen molar-refractivity contribution in [3.63, 3.8) is 0 Å². The monoisotopic (exact) mass is 271 g/mol. The van der Waals surface area contributed by atoms with Crippen molar-refractivity contribution in [3.8, 4) is 0 Å². The fourth-order valence-electron chi connectivity index (χ4n) is 1.69. The number of rotatable bonds is 9. The molecular formula is C14H25NO2S. The zero-order valence-electron chi connectivity index (χ0n) is 11.6. The van der Waals surface area contributed by atoms with Crippen LogP contribution in [-0.4, -0.2) is 31.0 Å². The second-order valence-electron chi connectivity index (χ2n) is 4.94. The summed E-state index contributed by atoms with van der Waals surface area (Å²) < 4.78 is 5.40. The Hall–Kier alpha value is -0.420. The second kappa shape index (κ2) is 8.64. The SMILES string of the molecule is CCc1ccsc1CNCC(O)COCC(C)C. The molecule has 0 amide bonds. The van der Waals surface area contributed by atoms with Crippen LogP contribution in [0.4, 0.5) is 0 Å². The maximum absolute atomic E-state index is 9.73. The van der Waals surface area contributed by atoms with E-state index in [0.29, 0.717) is 25.7 Å². The summed E-state index contributed by atoms with van der Waals surface area (Å²) in [6.07, 6.45) is 0.648. The molecule has 1 rings (SSSR count). The van der Waals surface area contributed by atoms with Crippen LogP contribution in [0.5, 0.6) is 0 Å². The van der Waals surface area contributed by atoms with Crippen LogP contribution < -0.4 is 5.32 Å². The third-order valence-electron chi connectivity index (χ3n) is 2.65. The molecule has 2 N–H and O–H groups in total. The van der Waals surface area contributed by atoms with Gasteiger partial charge in [-0.2, -0.15) is 0 Å². The Morgan fingerprint density at radius 3 is 2.83 bits per heavy atom. The van der Waals surface area contributed by atoms with Crippen molar-refractivity contribution < 1.29 is 9.84 Å². The van der Waals surface area contributed by atoms with Gasteiger partial charge in [-0.15, -0.1) is 11.3 Å². The van der Waals surface area contributed by atoms with E-state index in [4.69, 9.17) is 4.74 Å². The molecule has 0 spiro atoms. The maximum Gasteiger partial charge on any atom is 0.0897 e. The molecule has 4 heteroatoms. The van der Waals surface area contributed by atoms with Crippen LogP contribution in [0.3, 0.4) is 0 Å².